The maximum Gasteiger partial charge on any atom is 0.306 e. The van der Waals surface area contributed by atoms with Crippen LogP contribution in [0.1, 0.15) is 16.8 Å². The molecule has 2 aromatic heterocycles. The van der Waals surface area contributed by atoms with Crippen LogP contribution in [0, 0.1) is 0 Å². The minimum Gasteiger partial charge on any atom is -0.359 e. The summed E-state index contributed by atoms with van der Waals surface area (Å²) < 4.78 is 29.6. The molecule has 0 aliphatic rings. The van der Waals surface area contributed by atoms with Crippen molar-refractivity contribution >= 4 is 23.3 Å². The number of carbonyl (C=O) groups is 1. The molecule has 3 rings (SSSR count). The van der Waals surface area contributed by atoms with Gasteiger partial charge in [-0.2, -0.15) is 8.78 Å². The van der Waals surface area contributed by atoms with E-state index in [9.17, 15) is 18.4 Å². The standard InChI is InChI=1S/C21H21ClF2N6O2/c22-17-11-28-19(29-13-21(23,24)16-7-3-4-8-26-16)20(32)30(17)12-18(31)27-10-15-6-2-1-5-14(15)9-25/h1-8,11H,9-10,12-13,25H2,(H,27,31)(H,28,29). The molecule has 8 nitrogen and oxygen atoms in total. The second-order valence-corrected chi connectivity index (χ2v) is 7.23. The largest absolute Gasteiger partial charge is 0.359 e. The number of nitrogens with one attached hydrogen (secondary N) is 2. The van der Waals surface area contributed by atoms with Crippen LogP contribution in [0.2, 0.25) is 5.15 Å². The van der Waals surface area contributed by atoms with Crippen molar-refractivity contribution in [2.24, 2.45) is 5.73 Å². The topological polar surface area (TPSA) is 115 Å². The first kappa shape index (κ1) is 23.3. The van der Waals surface area contributed by atoms with E-state index in [-0.39, 0.29) is 17.5 Å². The Labute approximate surface area is 187 Å². The van der Waals surface area contributed by atoms with Crippen molar-refractivity contribution in [3.8, 4) is 0 Å². The van der Waals surface area contributed by atoms with Crippen molar-refractivity contribution in [3.05, 3.63) is 87.2 Å². The lowest BCUT2D eigenvalue weighted by atomic mass is 10.1. The van der Waals surface area contributed by atoms with E-state index in [2.05, 4.69) is 20.6 Å². The van der Waals surface area contributed by atoms with Gasteiger partial charge in [-0.05, 0) is 23.3 Å². The second-order valence-electron chi connectivity index (χ2n) is 6.84. The van der Waals surface area contributed by atoms with Crippen molar-refractivity contribution in [2.75, 3.05) is 11.9 Å². The van der Waals surface area contributed by atoms with E-state index in [1.54, 1.807) is 0 Å². The van der Waals surface area contributed by atoms with Crippen LogP contribution in [-0.2, 0) is 30.4 Å². The fourth-order valence-electron chi connectivity index (χ4n) is 2.92. The molecule has 0 atom stereocenters. The molecular formula is C21H21ClF2N6O2. The molecule has 0 saturated heterocycles. The number of carbonyl (C=O) groups excluding carboxylic acids is 1. The number of nitrogens with zero attached hydrogens (tertiary/aromatic N) is 3. The smallest absolute Gasteiger partial charge is 0.306 e. The zero-order chi connectivity index (χ0) is 23.1. The lowest BCUT2D eigenvalue weighted by molar-refractivity contribution is -0.121. The number of amides is 1. The van der Waals surface area contributed by atoms with Gasteiger partial charge in [0.1, 0.15) is 17.4 Å². The lowest BCUT2D eigenvalue weighted by Crippen LogP contribution is -2.35. The maximum absolute atomic E-state index is 14.3. The molecule has 2 heterocycles. The highest BCUT2D eigenvalue weighted by molar-refractivity contribution is 6.29. The SMILES string of the molecule is NCc1ccccc1CNC(=O)Cn1c(Cl)cnc(NCC(F)(F)c2ccccn2)c1=O. The Morgan fingerprint density at radius 2 is 1.84 bits per heavy atom. The normalized spacial score (nSPS) is 11.2. The summed E-state index contributed by atoms with van der Waals surface area (Å²) in [6.45, 7) is -0.781. The molecule has 4 N–H and O–H groups in total. The van der Waals surface area contributed by atoms with Gasteiger partial charge in [-0.1, -0.05) is 41.9 Å². The molecule has 0 bridgehead atoms. The average molecular weight is 463 g/mol. The van der Waals surface area contributed by atoms with Crippen LogP contribution in [0.3, 0.4) is 0 Å². The third-order valence-electron chi connectivity index (χ3n) is 4.64. The predicted molar refractivity (Wildman–Crippen MR) is 116 cm³/mol. The van der Waals surface area contributed by atoms with Gasteiger partial charge >= 0.3 is 5.92 Å². The summed E-state index contributed by atoms with van der Waals surface area (Å²) in [5.74, 6) is -4.18. The van der Waals surface area contributed by atoms with Gasteiger partial charge in [0.2, 0.25) is 5.91 Å². The summed E-state index contributed by atoms with van der Waals surface area (Å²) >= 11 is 6.01. The zero-order valence-electron chi connectivity index (χ0n) is 16.9. The number of nitrogens with two attached hydrogens (primary N) is 1. The summed E-state index contributed by atoms with van der Waals surface area (Å²) in [5, 5.41) is 4.92. The van der Waals surface area contributed by atoms with Gasteiger partial charge in [-0.25, -0.2) is 4.98 Å². The van der Waals surface area contributed by atoms with E-state index in [1.165, 1.54) is 24.4 Å². The molecule has 1 aromatic carbocycles. The minimum absolute atomic E-state index is 0.102. The van der Waals surface area contributed by atoms with Crippen molar-refractivity contribution in [1.29, 1.82) is 0 Å². The Bertz CT molecular complexity index is 1140. The molecule has 0 aliphatic heterocycles. The molecule has 0 radical (unpaired) electrons. The van der Waals surface area contributed by atoms with Crippen LogP contribution in [0.5, 0.6) is 0 Å². The van der Waals surface area contributed by atoms with Crippen molar-refractivity contribution in [3.63, 3.8) is 0 Å². The number of aromatic nitrogens is 3. The number of hydrogen-bond donors (Lipinski definition) is 3. The quantitative estimate of drug-likeness (QED) is 0.449. The fraction of sp³-hybridized carbons (Fsp3) is 0.238. The van der Waals surface area contributed by atoms with Crippen LogP contribution < -0.4 is 21.9 Å². The summed E-state index contributed by atoms with van der Waals surface area (Å²) in [6.07, 6.45) is 2.36. The second kappa shape index (κ2) is 10.3. The number of anilines is 1. The molecule has 168 valence electrons. The molecule has 11 heteroatoms. The van der Waals surface area contributed by atoms with Gasteiger partial charge in [-0.3, -0.25) is 19.1 Å². The van der Waals surface area contributed by atoms with Crippen LogP contribution in [0.4, 0.5) is 14.6 Å². The molecule has 0 aliphatic carbocycles. The Kier molecular flexibility index (Phi) is 7.49. The fourth-order valence-corrected chi connectivity index (χ4v) is 3.11. The number of pyridine rings is 1. The predicted octanol–water partition coefficient (Wildman–Crippen LogP) is 2.27. The molecular weight excluding hydrogens is 442 g/mol. The number of rotatable bonds is 9. The van der Waals surface area contributed by atoms with Crippen molar-refractivity contribution in [1.82, 2.24) is 19.9 Å². The van der Waals surface area contributed by atoms with Gasteiger partial charge in [0, 0.05) is 19.3 Å². The maximum atomic E-state index is 14.3. The van der Waals surface area contributed by atoms with E-state index in [1.807, 2.05) is 24.3 Å². The van der Waals surface area contributed by atoms with E-state index >= 15 is 0 Å². The Morgan fingerprint density at radius 1 is 1.12 bits per heavy atom. The molecule has 32 heavy (non-hydrogen) atoms. The van der Waals surface area contributed by atoms with E-state index in [0.717, 1.165) is 21.9 Å². The van der Waals surface area contributed by atoms with Crippen LogP contribution >= 0.6 is 11.6 Å². The Balaban J connectivity index is 1.68. The number of halogens is 3. The summed E-state index contributed by atoms with van der Waals surface area (Å²) in [4.78, 5) is 32.4. The molecule has 0 saturated carbocycles. The van der Waals surface area contributed by atoms with Gasteiger partial charge < -0.3 is 16.4 Å². The molecule has 1 amide bonds. The first-order valence-corrected chi connectivity index (χ1v) is 10.0. The summed E-state index contributed by atoms with van der Waals surface area (Å²) in [5.41, 5.74) is 6.17. The molecule has 0 fully saturated rings. The van der Waals surface area contributed by atoms with Gasteiger partial charge in [-0.15, -0.1) is 0 Å². The minimum atomic E-state index is -3.34. The van der Waals surface area contributed by atoms with E-state index in [4.69, 9.17) is 17.3 Å². The average Bonchev–Trinajstić information content (AvgIpc) is 2.80. The van der Waals surface area contributed by atoms with Crippen molar-refractivity contribution in [2.45, 2.75) is 25.6 Å². The van der Waals surface area contributed by atoms with Crippen LogP contribution in [0.15, 0.2) is 59.7 Å². The third kappa shape index (κ3) is 5.65. The zero-order valence-corrected chi connectivity index (χ0v) is 17.6. The highest BCUT2D eigenvalue weighted by atomic mass is 35.5. The van der Waals surface area contributed by atoms with Gasteiger partial charge in [0.25, 0.3) is 5.56 Å². The van der Waals surface area contributed by atoms with Crippen molar-refractivity contribution < 1.29 is 13.6 Å². The Morgan fingerprint density at radius 3 is 2.53 bits per heavy atom. The van der Waals surface area contributed by atoms with E-state index < -0.39 is 36.2 Å². The van der Waals surface area contributed by atoms with Crippen LogP contribution in [0.25, 0.3) is 0 Å². The highest BCUT2D eigenvalue weighted by Crippen LogP contribution is 2.25. The third-order valence-corrected chi connectivity index (χ3v) is 4.94. The number of benzene rings is 1. The Hall–Kier alpha value is -3.37. The van der Waals surface area contributed by atoms with Crippen LogP contribution in [-0.4, -0.2) is 27.0 Å². The number of hydrogen-bond acceptors (Lipinski definition) is 6. The highest BCUT2D eigenvalue weighted by Gasteiger charge is 2.33. The first-order chi connectivity index (χ1) is 15.3. The molecule has 3 aromatic rings. The first-order valence-electron chi connectivity index (χ1n) is 9.64. The lowest BCUT2D eigenvalue weighted by Gasteiger charge is -2.17. The molecule has 0 unspecified atom stereocenters. The summed E-state index contributed by atoms with van der Waals surface area (Å²) in [7, 11) is 0. The van der Waals surface area contributed by atoms with Gasteiger partial charge in [0.15, 0.2) is 5.82 Å². The van der Waals surface area contributed by atoms with E-state index in [0.29, 0.717) is 6.54 Å². The monoisotopic (exact) mass is 462 g/mol. The number of alkyl halides is 2. The van der Waals surface area contributed by atoms with Gasteiger partial charge in [0.05, 0.1) is 12.7 Å². The summed E-state index contributed by atoms with van der Waals surface area (Å²) in [6, 6.07) is 11.5. The molecule has 0 spiro atoms.